The Labute approximate surface area is 204 Å². The van der Waals surface area contributed by atoms with Crippen LogP contribution in [0.1, 0.15) is 48.9 Å². The number of hydrogen-bond acceptors (Lipinski definition) is 5. The summed E-state index contributed by atoms with van der Waals surface area (Å²) in [5.41, 5.74) is 7.88. The molecule has 0 unspecified atom stereocenters. The van der Waals surface area contributed by atoms with Gasteiger partial charge in [-0.05, 0) is 61.2 Å². The molecule has 0 aliphatic heterocycles. The first kappa shape index (κ1) is 24.3. The van der Waals surface area contributed by atoms with Crippen molar-refractivity contribution in [2.75, 3.05) is 24.4 Å². The fourth-order valence-electron chi connectivity index (χ4n) is 4.53. The molecular formula is C26H31N5O4. The number of nitrogens with one attached hydrogen (secondary N) is 1. The number of ether oxygens (including phenoxy) is 1. The van der Waals surface area contributed by atoms with Crippen LogP contribution in [0, 0.1) is 5.92 Å². The van der Waals surface area contributed by atoms with Crippen LogP contribution in [0.15, 0.2) is 42.5 Å². The lowest BCUT2D eigenvalue weighted by molar-refractivity contribution is -0.119. The largest absolute Gasteiger partial charge is 0.497 e. The standard InChI is InChI=1S/C26H31N5O4/c1-30(24(33)15-17-5-3-4-6-17)19-9-12-22-21(16-19)28-26(31(22)14-13-23(27)32)29-25(34)18-7-10-20(35-2)11-8-18/h7-12,16-17H,3-6,13-15H2,1-2H3,(H2,27,32)(H,28,29,34). The van der Waals surface area contributed by atoms with Gasteiger partial charge < -0.3 is 19.9 Å². The number of hydrogen-bond donors (Lipinski definition) is 2. The van der Waals surface area contributed by atoms with Gasteiger partial charge in [-0.1, -0.05) is 12.8 Å². The van der Waals surface area contributed by atoms with Gasteiger partial charge in [-0.15, -0.1) is 0 Å². The van der Waals surface area contributed by atoms with Gasteiger partial charge >= 0.3 is 0 Å². The summed E-state index contributed by atoms with van der Waals surface area (Å²) >= 11 is 0. The quantitative estimate of drug-likeness (QED) is 0.487. The van der Waals surface area contributed by atoms with E-state index < -0.39 is 5.91 Å². The van der Waals surface area contributed by atoms with E-state index in [1.54, 1.807) is 47.9 Å². The smallest absolute Gasteiger partial charge is 0.257 e. The summed E-state index contributed by atoms with van der Waals surface area (Å²) in [5.74, 6) is 0.702. The molecule has 2 aromatic carbocycles. The van der Waals surface area contributed by atoms with Crippen LogP contribution < -0.4 is 20.7 Å². The van der Waals surface area contributed by atoms with Crippen molar-refractivity contribution in [2.45, 2.75) is 45.1 Å². The Morgan fingerprint density at radius 1 is 1.14 bits per heavy atom. The van der Waals surface area contributed by atoms with Crippen molar-refractivity contribution in [3.63, 3.8) is 0 Å². The minimum Gasteiger partial charge on any atom is -0.497 e. The van der Waals surface area contributed by atoms with Crippen molar-refractivity contribution in [1.82, 2.24) is 9.55 Å². The van der Waals surface area contributed by atoms with E-state index in [-0.39, 0.29) is 24.8 Å². The average molecular weight is 478 g/mol. The summed E-state index contributed by atoms with van der Waals surface area (Å²) in [5, 5.41) is 2.84. The van der Waals surface area contributed by atoms with Crippen molar-refractivity contribution >= 4 is 40.4 Å². The molecule has 3 N–H and O–H groups in total. The van der Waals surface area contributed by atoms with Crippen LogP contribution >= 0.6 is 0 Å². The van der Waals surface area contributed by atoms with Gasteiger partial charge in [0.15, 0.2) is 0 Å². The molecule has 0 bridgehead atoms. The lowest BCUT2D eigenvalue weighted by Gasteiger charge is -2.19. The molecule has 0 spiro atoms. The Morgan fingerprint density at radius 3 is 2.51 bits per heavy atom. The number of carbonyl (C=O) groups excluding carboxylic acids is 3. The van der Waals surface area contributed by atoms with E-state index in [0.29, 0.717) is 35.1 Å². The van der Waals surface area contributed by atoms with Crippen LogP contribution in [0.5, 0.6) is 5.75 Å². The van der Waals surface area contributed by atoms with Gasteiger partial charge in [-0.3, -0.25) is 19.7 Å². The van der Waals surface area contributed by atoms with Crippen LogP contribution in [0.3, 0.4) is 0 Å². The van der Waals surface area contributed by atoms with Crippen LogP contribution in [0.4, 0.5) is 11.6 Å². The number of benzene rings is 2. The molecule has 3 aromatic rings. The minimum atomic E-state index is -0.451. The molecule has 4 rings (SSSR count). The number of anilines is 2. The van der Waals surface area contributed by atoms with E-state index in [1.165, 1.54) is 12.8 Å². The topological polar surface area (TPSA) is 120 Å². The number of aryl methyl sites for hydroxylation is 1. The first-order chi connectivity index (χ1) is 16.9. The van der Waals surface area contributed by atoms with Crippen molar-refractivity contribution in [3.05, 3.63) is 48.0 Å². The molecule has 35 heavy (non-hydrogen) atoms. The monoisotopic (exact) mass is 477 g/mol. The fourth-order valence-corrected chi connectivity index (χ4v) is 4.53. The number of carbonyl (C=O) groups is 3. The Kier molecular flexibility index (Phi) is 7.33. The SMILES string of the molecule is COc1ccc(C(=O)Nc2nc3cc(N(C)C(=O)CC4CCCC4)ccc3n2CCC(N)=O)cc1. The van der Waals surface area contributed by atoms with Crippen LogP contribution in [-0.4, -0.2) is 41.4 Å². The molecule has 0 atom stereocenters. The van der Waals surface area contributed by atoms with E-state index >= 15 is 0 Å². The van der Waals surface area contributed by atoms with Gasteiger partial charge in [0.2, 0.25) is 17.8 Å². The Balaban J connectivity index is 1.60. The molecular weight excluding hydrogens is 446 g/mol. The third-order valence-corrected chi connectivity index (χ3v) is 6.59. The second-order valence-corrected chi connectivity index (χ2v) is 8.97. The zero-order valence-electron chi connectivity index (χ0n) is 20.1. The van der Waals surface area contributed by atoms with Crippen LogP contribution in [0.2, 0.25) is 0 Å². The number of fused-ring (bicyclic) bond motifs is 1. The summed E-state index contributed by atoms with van der Waals surface area (Å²) in [6.45, 7) is 0.264. The molecule has 1 fully saturated rings. The predicted molar refractivity (Wildman–Crippen MR) is 134 cm³/mol. The Bertz CT molecular complexity index is 1230. The van der Waals surface area contributed by atoms with E-state index in [9.17, 15) is 14.4 Å². The van der Waals surface area contributed by atoms with E-state index in [1.807, 2.05) is 18.2 Å². The molecule has 1 saturated carbocycles. The molecule has 184 valence electrons. The molecule has 1 aliphatic carbocycles. The normalized spacial score (nSPS) is 13.7. The van der Waals surface area contributed by atoms with Gasteiger partial charge in [-0.2, -0.15) is 0 Å². The average Bonchev–Trinajstić information content (AvgIpc) is 3.49. The number of imidazole rings is 1. The molecule has 1 aliphatic rings. The van der Waals surface area contributed by atoms with Crippen molar-refractivity contribution in [2.24, 2.45) is 11.7 Å². The molecule has 1 aromatic heterocycles. The number of rotatable bonds is 9. The molecule has 9 nitrogen and oxygen atoms in total. The van der Waals surface area contributed by atoms with E-state index in [0.717, 1.165) is 24.0 Å². The molecule has 3 amide bonds. The Morgan fingerprint density at radius 2 is 1.86 bits per heavy atom. The third-order valence-electron chi connectivity index (χ3n) is 6.59. The predicted octanol–water partition coefficient (Wildman–Crippen LogP) is 3.72. The van der Waals surface area contributed by atoms with E-state index in [2.05, 4.69) is 10.3 Å². The first-order valence-corrected chi connectivity index (χ1v) is 11.9. The fraction of sp³-hybridized carbons (Fsp3) is 0.385. The van der Waals surface area contributed by atoms with Crippen molar-refractivity contribution in [3.8, 4) is 5.75 Å². The minimum absolute atomic E-state index is 0.0810. The second-order valence-electron chi connectivity index (χ2n) is 8.97. The maximum Gasteiger partial charge on any atom is 0.257 e. The first-order valence-electron chi connectivity index (χ1n) is 11.9. The third kappa shape index (κ3) is 5.62. The maximum atomic E-state index is 12.9. The maximum absolute atomic E-state index is 12.9. The summed E-state index contributed by atoms with van der Waals surface area (Å²) in [6, 6.07) is 12.3. The summed E-state index contributed by atoms with van der Waals surface area (Å²) < 4.78 is 6.90. The zero-order chi connectivity index (χ0) is 24.9. The lowest BCUT2D eigenvalue weighted by Crippen LogP contribution is -2.27. The van der Waals surface area contributed by atoms with Crippen molar-refractivity contribution < 1.29 is 19.1 Å². The molecule has 1 heterocycles. The lowest BCUT2D eigenvalue weighted by atomic mass is 10.0. The van der Waals surface area contributed by atoms with E-state index in [4.69, 9.17) is 10.5 Å². The zero-order valence-corrected chi connectivity index (χ0v) is 20.1. The summed E-state index contributed by atoms with van der Waals surface area (Å²) in [6.07, 6.45) is 5.26. The number of nitrogens with zero attached hydrogens (tertiary/aromatic N) is 3. The molecule has 0 radical (unpaired) electrons. The van der Waals surface area contributed by atoms with Crippen LogP contribution in [-0.2, 0) is 16.1 Å². The summed E-state index contributed by atoms with van der Waals surface area (Å²) in [4.78, 5) is 43.4. The highest BCUT2D eigenvalue weighted by Crippen LogP contribution is 2.30. The van der Waals surface area contributed by atoms with Gasteiger partial charge in [0.25, 0.3) is 5.91 Å². The van der Waals surface area contributed by atoms with Gasteiger partial charge in [-0.25, -0.2) is 4.98 Å². The van der Waals surface area contributed by atoms with Gasteiger partial charge in [0, 0.05) is 37.7 Å². The Hall–Kier alpha value is -3.88. The van der Waals surface area contributed by atoms with Crippen LogP contribution in [0.25, 0.3) is 11.0 Å². The van der Waals surface area contributed by atoms with Crippen molar-refractivity contribution in [1.29, 1.82) is 0 Å². The molecule has 9 heteroatoms. The number of amides is 3. The number of nitrogens with two attached hydrogens (primary N) is 1. The highest BCUT2D eigenvalue weighted by atomic mass is 16.5. The second kappa shape index (κ2) is 10.6. The highest BCUT2D eigenvalue weighted by Gasteiger charge is 2.22. The number of aromatic nitrogens is 2. The number of methoxy groups -OCH3 is 1. The number of primary amides is 1. The summed E-state index contributed by atoms with van der Waals surface area (Å²) in [7, 11) is 3.33. The molecule has 0 saturated heterocycles. The highest BCUT2D eigenvalue weighted by molar-refractivity contribution is 6.04. The van der Waals surface area contributed by atoms with Gasteiger partial charge in [0.05, 0.1) is 18.1 Å². The van der Waals surface area contributed by atoms with Gasteiger partial charge in [0.1, 0.15) is 5.75 Å².